The Bertz CT molecular complexity index is 1740. The molecule has 1 aliphatic carbocycles. The van der Waals surface area contributed by atoms with E-state index in [1.807, 2.05) is 0 Å². The van der Waals surface area contributed by atoms with Crippen LogP contribution in [0.3, 0.4) is 0 Å². The first-order valence-corrected chi connectivity index (χ1v) is 13.2. The fraction of sp³-hybridized carbons (Fsp3) is 0.0270. The van der Waals surface area contributed by atoms with Gasteiger partial charge >= 0.3 is 0 Å². The van der Waals surface area contributed by atoms with Gasteiger partial charge in [-0.05, 0) is 56.6 Å². The van der Waals surface area contributed by atoms with Gasteiger partial charge < -0.3 is 5.32 Å². The second kappa shape index (κ2) is 9.53. The number of hydrogen-bond acceptors (Lipinski definition) is 1. The van der Waals surface area contributed by atoms with E-state index in [9.17, 15) is 0 Å². The molecule has 0 spiro atoms. The van der Waals surface area contributed by atoms with Crippen molar-refractivity contribution in [3.63, 3.8) is 0 Å². The lowest BCUT2D eigenvalue weighted by Crippen LogP contribution is -2.02. The molecule has 0 radical (unpaired) electrons. The minimum Gasteiger partial charge on any atom is -0.354 e. The standard InChI is InChI=1S/C37H27N/c1-4-14-26(15-5-1)31-22-12-13-23-35(31)38-37-34-24-29-20-10-11-21-30(29)33(34)25-32(27-16-6-2-7-17-27)36(37)28-18-8-3-9-19-28/h1-23,25,38H,24H2. The first-order valence-electron chi connectivity index (χ1n) is 13.2. The second-order valence-electron chi connectivity index (χ2n) is 9.80. The molecule has 0 atom stereocenters. The van der Waals surface area contributed by atoms with Crippen LogP contribution in [-0.2, 0) is 6.42 Å². The molecule has 0 fully saturated rings. The van der Waals surface area contributed by atoms with Gasteiger partial charge in [0, 0.05) is 23.2 Å². The van der Waals surface area contributed by atoms with Crippen LogP contribution in [0.15, 0.2) is 146 Å². The van der Waals surface area contributed by atoms with E-state index in [1.165, 1.54) is 61.3 Å². The fourth-order valence-corrected chi connectivity index (χ4v) is 5.76. The van der Waals surface area contributed by atoms with Crippen LogP contribution in [0.5, 0.6) is 0 Å². The zero-order chi connectivity index (χ0) is 25.3. The third kappa shape index (κ3) is 3.90. The van der Waals surface area contributed by atoms with Crippen LogP contribution in [0.2, 0.25) is 0 Å². The van der Waals surface area contributed by atoms with Crippen LogP contribution in [0.1, 0.15) is 11.1 Å². The van der Waals surface area contributed by atoms with Crippen molar-refractivity contribution in [2.45, 2.75) is 6.42 Å². The predicted molar refractivity (Wildman–Crippen MR) is 161 cm³/mol. The largest absolute Gasteiger partial charge is 0.354 e. The molecule has 180 valence electrons. The fourth-order valence-electron chi connectivity index (χ4n) is 5.76. The molecule has 0 unspecified atom stereocenters. The lowest BCUT2D eigenvalue weighted by atomic mass is 9.87. The number of hydrogen-bond donors (Lipinski definition) is 1. The molecule has 38 heavy (non-hydrogen) atoms. The van der Waals surface area contributed by atoms with Crippen LogP contribution in [0.4, 0.5) is 11.4 Å². The molecule has 6 aromatic rings. The summed E-state index contributed by atoms with van der Waals surface area (Å²) in [7, 11) is 0. The number of para-hydroxylation sites is 1. The van der Waals surface area contributed by atoms with E-state index in [1.54, 1.807) is 0 Å². The summed E-state index contributed by atoms with van der Waals surface area (Å²) >= 11 is 0. The SMILES string of the molecule is c1ccc(-c2ccccc2Nc2c3c(cc(-c4ccccc4)c2-c2ccccc2)-c2ccccc2C3)cc1. The van der Waals surface area contributed by atoms with Crippen molar-refractivity contribution in [2.75, 3.05) is 5.32 Å². The summed E-state index contributed by atoms with van der Waals surface area (Å²) < 4.78 is 0. The minimum atomic E-state index is 0.913. The monoisotopic (exact) mass is 485 g/mol. The van der Waals surface area contributed by atoms with Crippen LogP contribution < -0.4 is 5.32 Å². The third-order valence-corrected chi connectivity index (χ3v) is 7.53. The van der Waals surface area contributed by atoms with E-state index >= 15 is 0 Å². The molecule has 7 rings (SSSR count). The summed E-state index contributed by atoms with van der Waals surface area (Å²) in [6.07, 6.45) is 0.913. The summed E-state index contributed by atoms with van der Waals surface area (Å²) in [6, 6.07) is 52.1. The quantitative estimate of drug-likeness (QED) is 0.256. The number of rotatable bonds is 5. The summed E-state index contributed by atoms with van der Waals surface area (Å²) in [5.74, 6) is 0. The maximum atomic E-state index is 3.98. The van der Waals surface area contributed by atoms with Gasteiger partial charge in [0.05, 0.1) is 5.69 Å². The van der Waals surface area contributed by atoms with Gasteiger partial charge in [-0.1, -0.05) is 133 Å². The summed E-state index contributed by atoms with van der Waals surface area (Å²) in [4.78, 5) is 0. The third-order valence-electron chi connectivity index (χ3n) is 7.53. The molecule has 1 aliphatic rings. The van der Waals surface area contributed by atoms with Gasteiger partial charge in [0.25, 0.3) is 0 Å². The zero-order valence-electron chi connectivity index (χ0n) is 21.1. The van der Waals surface area contributed by atoms with Crippen molar-refractivity contribution in [3.05, 3.63) is 157 Å². The van der Waals surface area contributed by atoms with Gasteiger partial charge in [0.2, 0.25) is 0 Å². The van der Waals surface area contributed by atoms with Crippen molar-refractivity contribution >= 4 is 11.4 Å². The first-order chi connectivity index (χ1) is 18.9. The topological polar surface area (TPSA) is 12.0 Å². The van der Waals surface area contributed by atoms with Crippen molar-refractivity contribution < 1.29 is 0 Å². The Hall–Kier alpha value is -4.88. The Kier molecular flexibility index (Phi) is 5.60. The summed E-state index contributed by atoms with van der Waals surface area (Å²) in [5.41, 5.74) is 15.0. The molecule has 0 amide bonds. The van der Waals surface area contributed by atoms with E-state index in [4.69, 9.17) is 0 Å². The molecule has 0 saturated heterocycles. The summed E-state index contributed by atoms with van der Waals surface area (Å²) in [5, 5.41) is 3.98. The van der Waals surface area contributed by atoms with E-state index in [0.717, 1.165) is 12.1 Å². The van der Waals surface area contributed by atoms with Gasteiger partial charge in [-0.25, -0.2) is 0 Å². The van der Waals surface area contributed by atoms with Crippen LogP contribution >= 0.6 is 0 Å². The Morgan fingerprint density at radius 3 is 1.63 bits per heavy atom. The minimum absolute atomic E-state index is 0.913. The zero-order valence-corrected chi connectivity index (χ0v) is 21.1. The van der Waals surface area contributed by atoms with Gasteiger partial charge in [-0.2, -0.15) is 0 Å². The Morgan fingerprint density at radius 2 is 0.947 bits per heavy atom. The molecule has 0 saturated carbocycles. The van der Waals surface area contributed by atoms with Crippen LogP contribution in [0.25, 0.3) is 44.5 Å². The van der Waals surface area contributed by atoms with Gasteiger partial charge in [0.1, 0.15) is 0 Å². The molecule has 0 aromatic heterocycles. The Balaban J connectivity index is 1.52. The maximum Gasteiger partial charge on any atom is 0.0512 e. The molecular formula is C37H27N. The average Bonchev–Trinajstić information content (AvgIpc) is 3.37. The Labute approximate surface area is 224 Å². The molecule has 1 N–H and O–H groups in total. The van der Waals surface area contributed by atoms with Crippen molar-refractivity contribution in [3.8, 4) is 44.5 Å². The van der Waals surface area contributed by atoms with E-state index in [2.05, 4.69) is 151 Å². The normalized spacial score (nSPS) is 11.6. The number of fused-ring (bicyclic) bond motifs is 3. The van der Waals surface area contributed by atoms with Crippen molar-refractivity contribution in [1.29, 1.82) is 0 Å². The summed E-state index contributed by atoms with van der Waals surface area (Å²) in [6.45, 7) is 0. The molecule has 1 nitrogen and oxygen atoms in total. The molecule has 0 aliphatic heterocycles. The van der Waals surface area contributed by atoms with E-state index < -0.39 is 0 Å². The van der Waals surface area contributed by atoms with E-state index in [-0.39, 0.29) is 0 Å². The number of benzene rings is 6. The molecule has 6 aromatic carbocycles. The number of anilines is 2. The van der Waals surface area contributed by atoms with Gasteiger partial charge in [0.15, 0.2) is 0 Å². The lowest BCUT2D eigenvalue weighted by Gasteiger charge is -2.23. The lowest BCUT2D eigenvalue weighted by molar-refractivity contribution is 1.26. The predicted octanol–water partition coefficient (Wildman–Crippen LogP) is 10.0. The highest BCUT2D eigenvalue weighted by Gasteiger charge is 2.27. The molecule has 1 heteroatoms. The highest BCUT2D eigenvalue weighted by molar-refractivity contribution is 6.01. The maximum absolute atomic E-state index is 3.98. The molecular weight excluding hydrogens is 458 g/mol. The number of nitrogens with one attached hydrogen (secondary N) is 1. The van der Waals surface area contributed by atoms with E-state index in [0.29, 0.717) is 0 Å². The second-order valence-corrected chi connectivity index (χ2v) is 9.80. The first kappa shape index (κ1) is 22.3. The van der Waals surface area contributed by atoms with Gasteiger partial charge in [-0.3, -0.25) is 0 Å². The van der Waals surface area contributed by atoms with Gasteiger partial charge in [-0.15, -0.1) is 0 Å². The van der Waals surface area contributed by atoms with Crippen molar-refractivity contribution in [1.82, 2.24) is 0 Å². The Morgan fingerprint density at radius 1 is 0.421 bits per heavy atom. The smallest absolute Gasteiger partial charge is 0.0512 e. The molecule has 0 bridgehead atoms. The highest BCUT2D eigenvalue weighted by Crippen LogP contribution is 2.50. The van der Waals surface area contributed by atoms with Crippen LogP contribution in [0, 0.1) is 0 Å². The van der Waals surface area contributed by atoms with Crippen molar-refractivity contribution in [2.24, 2.45) is 0 Å². The molecule has 0 heterocycles. The van der Waals surface area contributed by atoms with Crippen LogP contribution in [-0.4, -0.2) is 0 Å². The highest BCUT2D eigenvalue weighted by atomic mass is 14.9. The average molecular weight is 486 g/mol.